The van der Waals surface area contributed by atoms with Gasteiger partial charge in [0, 0.05) is 5.56 Å². The number of aldehydes is 1. The van der Waals surface area contributed by atoms with Crippen molar-refractivity contribution in [3.05, 3.63) is 59.3 Å². The Bertz CT molecular complexity index is 808. The second-order valence-corrected chi connectivity index (χ2v) is 5.71. The van der Waals surface area contributed by atoms with Crippen LogP contribution >= 0.6 is 11.3 Å². The Hall–Kier alpha value is -2.93. The summed E-state index contributed by atoms with van der Waals surface area (Å²) in [7, 11) is 0. The zero-order valence-corrected chi connectivity index (χ0v) is 13.3. The molecule has 0 bridgehead atoms. The number of ether oxygens (including phenoxy) is 2. The molecule has 0 amide bonds. The molecule has 0 saturated heterocycles. The van der Waals surface area contributed by atoms with Gasteiger partial charge in [-0.2, -0.15) is 0 Å². The van der Waals surface area contributed by atoms with Crippen molar-refractivity contribution in [3.8, 4) is 16.5 Å². The number of thiophene rings is 1. The average Bonchev–Trinajstić information content (AvgIpc) is 3.29. The highest BCUT2D eigenvalue weighted by Crippen LogP contribution is 2.23. The molecule has 0 spiro atoms. The van der Waals surface area contributed by atoms with Gasteiger partial charge in [0.15, 0.2) is 6.61 Å². The van der Waals surface area contributed by atoms with Crippen molar-refractivity contribution in [3.63, 3.8) is 0 Å². The van der Waals surface area contributed by atoms with Crippen molar-refractivity contribution in [1.82, 2.24) is 4.98 Å². The number of nitrogens with zero attached hydrogens (tertiary/aromatic N) is 1. The lowest BCUT2D eigenvalue weighted by molar-refractivity contribution is -0.147. The van der Waals surface area contributed by atoms with E-state index in [1.807, 2.05) is 17.5 Å². The summed E-state index contributed by atoms with van der Waals surface area (Å²) in [5, 5.41) is 1.93. The molecule has 6 nitrogen and oxygen atoms in total. The first kappa shape index (κ1) is 15.9. The number of hydrogen-bond donors (Lipinski definition) is 0. The zero-order chi connectivity index (χ0) is 16.8. The number of oxazole rings is 1. The van der Waals surface area contributed by atoms with Crippen LogP contribution in [0.4, 0.5) is 0 Å². The van der Waals surface area contributed by atoms with Crippen LogP contribution in [0.5, 0.6) is 5.75 Å². The molecule has 3 rings (SSSR count). The summed E-state index contributed by atoms with van der Waals surface area (Å²) in [6.07, 6.45) is 2.20. The number of aromatic nitrogens is 1. The molecule has 24 heavy (non-hydrogen) atoms. The third-order valence-electron chi connectivity index (χ3n) is 3.04. The van der Waals surface area contributed by atoms with E-state index < -0.39 is 5.97 Å². The van der Waals surface area contributed by atoms with Gasteiger partial charge in [-0.25, -0.2) is 9.78 Å². The molecule has 0 radical (unpaired) electrons. The van der Waals surface area contributed by atoms with E-state index in [1.54, 1.807) is 24.3 Å². The summed E-state index contributed by atoms with van der Waals surface area (Å²) in [6, 6.07) is 10.2. The van der Waals surface area contributed by atoms with Crippen LogP contribution in [0.25, 0.3) is 10.8 Å². The highest BCUT2D eigenvalue weighted by Gasteiger charge is 2.10. The van der Waals surface area contributed by atoms with Crippen molar-refractivity contribution < 1.29 is 23.5 Å². The Balaban J connectivity index is 1.46. The number of esters is 1. The minimum Gasteiger partial charge on any atom is -0.482 e. The van der Waals surface area contributed by atoms with Crippen LogP contribution in [0.2, 0.25) is 0 Å². The number of rotatable bonds is 7. The summed E-state index contributed by atoms with van der Waals surface area (Å²) in [5.41, 5.74) is 1.07. The molecule has 0 aliphatic heterocycles. The fourth-order valence-corrected chi connectivity index (χ4v) is 2.52. The van der Waals surface area contributed by atoms with Crippen molar-refractivity contribution in [2.75, 3.05) is 6.61 Å². The highest BCUT2D eigenvalue weighted by atomic mass is 32.1. The maximum Gasteiger partial charge on any atom is 0.344 e. The normalized spacial score (nSPS) is 10.3. The molecule has 7 heteroatoms. The second-order valence-electron chi connectivity index (χ2n) is 4.76. The molecule has 0 aliphatic rings. The van der Waals surface area contributed by atoms with Crippen LogP contribution in [0.15, 0.2) is 52.5 Å². The van der Waals surface area contributed by atoms with Gasteiger partial charge in [0.2, 0.25) is 5.89 Å². The van der Waals surface area contributed by atoms with Crippen LogP contribution in [-0.4, -0.2) is 23.8 Å². The van der Waals surface area contributed by atoms with Crippen LogP contribution in [0.3, 0.4) is 0 Å². The first-order valence-corrected chi connectivity index (χ1v) is 7.94. The monoisotopic (exact) mass is 343 g/mol. The smallest absolute Gasteiger partial charge is 0.344 e. The maximum absolute atomic E-state index is 11.7. The molecular weight excluding hydrogens is 330 g/mol. The van der Waals surface area contributed by atoms with Gasteiger partial charge in [0.25, 0.3) is 0 Å². The Kier molecular flexibility index (Phi) is 5.02. The third kappa shape index (κ3) is 4.08. The predicted molar refractivity (Wildman–Crippen MR) is 86.9 cm³/mol. The summed E-state index contributed by atoms with van der Waals surface area (Å²) in [4.78, 5) is 27.4. The van der Waals surface area contributed by atoms with Gasteiger partial charge in [-0.15, -0.1) is 11.3 Å². The van der Waals surface area contributed by atoms with E-state index in [0.717, 1.165) is 11.2 Å². The molecule has 122 valence electrons. The average molecular weight is 343 g/mol. The van der Waals surface area contributed by atoms with Gasteiger partial charge >= 0.3 is 5.97 Å². The van der Waals surface area contributed by atoms with Crippen molar-refractivity contribution in [2.45, 2.75) is 6.61 Å². The van der Waals surface area contributed by atoms with Crippen LogP contribution in [-0.2, 0) is 16.1 Å². The molecule has 0 unspecified atom stereocenters. The molecule has 3 aromatic rings. The third-order valence-corrected chi connectivity index (χ3v) is 3.90. The lowest BCUT2D eigenvalue weighted by Crippen LogP contribution is -2.14. The number of carbonyl (C=O) groups excluding carboxylic acids is 2. The maximum atomic E-state index is 11.7. The van der Waals surface area contributed by atoms with E-state index in [4.69, 9.17) is 13.9 Å². The van der Waals surface area contributed by atoms with Crippen molar-refractivity contribution in [2.24, 2.45) is 0 Å². The fourth-order valence-electron chi connectivity index (χ4n) is 1.87. The largest absolute Gasteiger partial charge is 0.482 e. The van der Waals surface area contributed by atoms with Gasteiger partial charge in [-0.05, 0) is 35.7 Å². The minimum absolute atomic E-state index is 0.0150. The molecule has 1 aromatic carbocycles. The fraction of sp³-hybridized carbons (Fsp3) is 0.118. The van der Waals surface area contributed by atoms with E-state index in [9.17, 15) is 9.59 Å². The SMILES string of the molecule is O=Cc1ccc(OCC(=O)OCc2coc(-c3cccs3)n2)cc1. The lowest BCUT2D eigenvalue weighted by atomic mass is 10.2. The zero-order valence-electron chi connectivity index (χ0n) is 12.5. The number of hydrogen-bond acceptors (Lipinski definition) is 7. The lowest BCUT2D eigenvalue weighted by Gasteiger charge is -2.06. The predicted octanol–water partition coefficient (Wildman–Crippen LogP) is 3.34. The Morgan fingerprint density at radius 2 is 2.08 bits per heavy atom. The quantitative estimate of drug-likeness (QED) is 0.484. The summed E-state index contributed by atoms with van der Waals surface area (Å²) in [5.74, 6) is 0.469. The van der Waals surface area contributed by atoms with Crippen LogP contribution in [0.1, 0.15) is 16.1 Å². The van der Waals surface area contributed by atoms with Gasteiger partial charge in [-0.1, -0.05) is 6.07 Å². The number of carbonyl (C=O) groups is 2. The highest BCUT2D eigenvalue weighted by molar-refractivity contribution is 7.13. The Labute approximate surface area is 141 Å². The van der Waals surface area contributed by atoms with Gasteiger partial charge in [-0.3, -0.25) is 4.79 Å². The molecule has 0 atom stereocenters. The first-order chi connectivity index (χ1) is 11.7. The number of benzene rings is 1. The standard InChI is InChI=1S/C17H13NO5S/c19-8-12-3-5-14(6-4-12)21-11-16(20)22-9-13-10-23-17(18-13)15-2-1-7-24-15/h1-8,10H,9,11H2. The van der Waals surface area contributed by atoms with Crippen LogP contribution in [0, 0.1) is 0 Å². The van der Waals surface area contributed by atoms with E-state index in [0.29, 0.717) is 22.9 Å². The molecule has 0 N–H and O–H groups in total. The van der Waals surface area contributed by atoms with E-state index >= 15 is 0 Å². The van der Waals surface area contributed by atoms with Crippen molar-refractivity contribution in [1.29, 1.82) is 0 Å². The second kappa shape index (κ2) is 7.56. The van der Waals surface area contributed by atoms with Crippen molar-refractivity contribution >= 4 is 23.6 Å². The molecule has 0 fully saturated rings. The van der Waals surface area contributed by atoms with Crippen LogP contribution < -0.4 is 4.74 Å². The summed E-state index contributed by atoms with van der Waals surface area (Å²) < 4.78 is 15.7. The Morgan fingerprint density at radius 1 is 1.25 bits per heavy atom. The Morgan fingerprint density at radius 3 is 2.79 bits per heavy atom. The summed E-state index contributed by atoms with van der Waals surface area (Å²) in [6.45, 7) is -0.211. The first-order valence-electron chi connectivity index (χ1n) is 7.06. The molecule has 2 heterocycles. The van der Waals surface area contributed by atoms with Gasteiger partial charge < -0.3 is 13.9 Å². The molecule has 0 aliphatic carbocycles. The topological polar surface area (TPSA) is 78.6 Å². The summed E-state index contributed by atoms with van der Waals surface area (Å²) >= 11 is 1.52. The van der Waals surface area contributed by atoms with Gasteiger partial charge in [0.1, 0.15) is 30.6 Å². The molecule has 2 aromatic heterocycles. The van der Waals surface area contributed by atoms with E-state index in [-0.39, 0.29) is 13.2 Å². The van der Waals surface area contributed by atoms with E-state index in [1.165, 1.54) is 17.6 Å². The minimum atomic E-state index is -0.518. The van der Waals surface area contributed by atoms with Gasteiger partial charge in [0.05, 0.1) is 4.88 Å². The molecular formula is C17H13NO5S. The molecule has 0 saturated carbocycles. The van der Waals surface area contributed by atoms with E-state index in [2.05, 4.69) is 4.98 Å².